The van der Waals surface area contributed by atoms with Crippen LogP contribution < -0.4 is 15.4 Å². The summed E-state index contributed by atoms with van der Waals surface area (Å²) in [5.41, 5.74) is 1.85. The van der Waals surface area contributed by atoms with E-state index in [1.54, 1.807) is 43.6 Å². The second kappa shape index (κ2) is 7.68. The lowest BCUT2D eigenvalue weighted by atomic mass is 10.2. The zero-order valence-corrected chi connectivity index (χ0v) is 14.2. The molecule has 0 bridgehead atoms. The Balaban J connectivity index is 1.76. The molecule has 2 N–H and O–H groups in total. The van der Waals surface area contributed by atoms with E-state index < -0.39 is 0 Å². The molecule has 1 amide bonds. The molecule has 0 aliphatic carbocycles. The first-order valence-electron chi connectivity index (χ1n) is 7.59. The Kier molecular flexibility index (Phi) is 5.16. The van der Waals surface area contributed by atoms with Crippen LogP contribution in [0.15, 0.2) is 66.9 Å². The largest absolute Gasteiger partial charge is 0.497 e. The van der Waals surface area contributed by atoms with Gasteiger partial charge < -0.3 is 15.4 Å². The number of methoxy groups -OCH3 is 1. The van der Waals surface area contributed by atoms with Gasteiger partial charge in [0.25, 0.3) is 5.91 Å². The minimum atomic E-state index is -0.260. The minimum Gasteiger partial charge on any atom is -0.497 e. The Bertz CT molecular complexity index is 899. The molecule has 25 heavy (non-hydrogen) atoms. The predicted molar refractivity (Wildman–Crippen MR) is 99.9 cm³/mol. The van der Waals surface area contributed by atoms with E-state index in [2.05, 4.69) is 15.6 Å². The molecule has 0 aliphatic rings. The number of ether oxygens (including phenoxy) is 1. The maximum Gasteiger partial charge on any atom is 0.255 e. The number of carbonyl (C=O) groups excluding carboxylic acids is 1. The Hall–Kier alpha value is -3.05. The van der Waals surface area contributed by atoms with Crippen LogP contribution in [0.2, 0.25) is 5.02 Å². The van der Waals surface area contributed by atoms with Gasteiger partial charge in [-0.3, -0.25) is 4.79 Å². The van der Waals surface area contributed by atoms with Crippen molar-refractivity contribution < 1.29 is 9.53 Å². The molecule has 0 fully saturated rings. The second-order valence-corrected chi connectivity index (χ2v) is 5.63. The smallest absolute Gasteiger partial charge is 0.255 e. The topological polar surface area (TPSA) is 63.2 Å². The highest BCUT2D eigenvalue weighted by Gasteiger charge is 2.09. The summed E-state index contributed by atoms with van der Waals surface area (Å²) >= 11 is 6.07. The molecule has 126 valence electrons. The molecule has 1 aromatic heterocycles. The van der Waals surface area contributed by atoms with Crippen LogP contribution >= 0.6 is 11.6 Å². The number of nitrogens with zero attached hydrogens (tertiary/aromatic N) is 1. The fraction of sp³-hybridized carbons (Fsp3) is 0.0526. The SMILES string of the molecule is COc1cccc(Nc2cc(C(=O)Nc3ccccc3Cl)ccn2)c1. The van der Waals surface area contributed by atoms with Gasteiger partial charge in [-0.15, -0.1) is 0 Å². The average molecular weight is 354 g/mol. The van der Waals surface area contributed by atoms with Crippen molar-refractivity contribution in [2.24, 2.45) is 0 Å². The van der Waals surface area contributed by atoms with Crippen LogP contribution in [0, 0.1) is 0 Å². The van der Waals surface area contributed by atoms with E-state index in [9.17, 15) is 4.79 Å². The van der Waals surface area contributed by atoms with Gasteiger partial charge >= 0.3 is 0 Å². The number of pyridine rings is 1. The Morgan fingerprint density at radius 2 is 1.92 bits per heavy atom. The quantitative estimate of drug-likeness (QED) is 0.695. The number of hydrogen-bond donors (Lipinski definition) is 2. The maximum atomic E-state index is 12.4. The van der Waals surface area contributed by atoms with E-state index in [4.69, 9.17) is 16.3 Å². The summed E-state index contributed by atoms with van der Waals surface area (Å²) in [4.78, 5) is 16.7. The molecular formula is C19H16ClN3O2. The van der Waals surface area contributed by atoms with E-state index in [0.29, 0.717) is 22.1 Å². The zero-order chi connectivity index (χ0) is 17.6. The first kappa shape index (κ1) is 16.8. The van der Waals surface area contributed by atoms with Crippen LogP contribution in [0.5, 0.6) is 5.75 Å². The van der Waals surface area contributed by atoms with Crippen LogP contribution in [-0.2, 0) is 0 Å². The number of hydrogen-bond acceptors (Lipinski definition) is 4. The van der Waals surface area contributed by atoms with Gasteiger partial charge in [0.1, 0.15) is 11.6 Å². The fourth-order valence-electron chi connectivity index (χ4n) is 2.25. The molecule has 6 heteroatoms. The third-order valence-corrected chi connectivity index (χ3v) is 3.82. The molecule has 3 aromatic rings. The molecule has 2 aromatic carbocycles. The van der Waals surface area contributed by atoms with Crippen molar-refractivity contribution in [1.29, 1.82) is 0 Å². The molecule has 0 saturated heterocycles. The van der Waals surface area contributed by atoms with Crippen molar-refractivity contribution in [3.05, 3.63) is 77.4 Å². The lowest BCUT2D eigenvalue weighted by molar-refractivity contribution is 0.102. The molecular weight excluding hydrogens is 338 g/mol. The molecule has 0 aliphatic heterocycles. The highest BCUT2D eigenvalue weighted by Crippen LogP contribution is 2.23. The number of carbonyl (C=O) groups is 1. The van der Waals surface area contributed by atoms with E-state index in [1.165, 1.54) is 0 Å². The summed E-state index contributed by atoms with van der Waals surface area (Å²) < 4.78 is 5.20. The van der Waals surface area contributed by atoms with Crippen LogP contribution in [0.25, 0.3) is 0 Å². The third kappa shape index (κ3) is 4.28. The molecule has 0 unspecified atom stereocenters. The molecule has 5 nitrogen and oxygen atoms in total. The number of para-hydroxylation sites is 1. The van der Waals surface area contributed by atoms with Crippen LogP contribution in [-0.4, -0.2) is 18.0 Å². The summed E-state index contributed by atoms with van der Waals surface area (Å²) in [6, 6.07) is 17.9. The van der Waals surface area contributed by atoms with Crippen molar-refractivity contribution in [2.45, 2.75) is 0 Å². The second-order valence-electron chi connectivity index (χ2n) is 5.22. The monoisotopic (exact) mass is 353 g/mol. The molecule has 3 rings (SSSR count). The maximum absolute atomic E-state index is 12.4. The van der Waals surface area contributed by atoms with Gasteiger partial charge in [-0.25, -0.2) is 4.98 Å². The number of aromatic nitrogens is 1. The number of amides is 1. The van der Waals surface area contributed by atoms with Crippen molar-refractivity contribution >= 4 is 34.7 Å². The van der Waals surface area contributed by atoms with Gasteiger partial charge in [0, 0.05) is 23.5 Å². The number of benzene rings is 2. The van der Waals surface area contributed by atoms with Gasteiger partial charge in [-0.05, 0) is 36.4 Å². The normalized spacial score (nSPS) is 10.2. The number of halogens is 1. The standard InChI is InChI=1S/C19H16ClN3O2/c1-25-15-6-4-5-14(12-15)22-18-11-13(9-10-21-18)19(24)23-17-8-3-2-7-16(17)20/h2-12H,1H3,(H,21,22)(H,23,24). The molecule has 0 atom stereocenters. The number of nitrogens with one attached hydrogen (secondary N) is 2. The van der Waals surface area contributed by atoms with Crippen molar-refractivity contribution in [1.82, 2.24) is 4.98 Å². The van der Waals surface area contributed by atoms with E-state index in [0.717, 1.165) is 11.4 Å². The number of rotatable bonds is 5. The van der Waals surface area contributed by atoms with E-state index in [-0.39, 0.29) is 5.91 Å². The summed E-state index contributed by atoms with van der Waals surface area (Å²) in [6.45, 7) is 0. The summed E-state index contributed by atoms with van der Waals surface area (Å²) in [7, 11) is 1.61. The van der Waals surface area contributed by atoms with Gasteiger partial charge in [0.15, 0.2) is 0 Å². The summed E-state index contributed by atoms with van der Waals surface area (Å²) in [6.07, 6.45) is 1.57. The third-order valence-electron chi connectivity index (χ3n) is 3.49. The zero-order valence-electron chi connectivity index (χ0n) is 13.5. The van der Waals surface area contributed by atoms with Crippen molar-refractivity contribution in [3.63, 3.8) is 0 Å². The molecule has 0 radical (unpaired) electrons. The lowest BCUT2D eigenvalue weighted by Gasteiger charge is -2.10. The fourth-order valence-corrected chi connectivity index (χ4v) is 2.43. The van der Waals surface area contributed by atoms with E-state index in [1.807, 2.05) is 30.3 Å². The average Bonchev–Trinajstić information content (AvgIpc) is 2.64. The Morgan fingerprint density at radius 3 is 2.72 bits per heavy atom. The van der Waals surface area contributed by atoms with Gasteiger partial charge in [-0.1, -0.05) is 29.8 Å². The highest BCUT2D eigenvalue weighted by atomic mass is 35.5. The number of anilines is 3. The first-order chi connectivity index (χ1) is 12.2. The van der Waals surface area contributed by atoms with Gasteiger partial charge in [0.05, 0.1) is 17.8 Å². The van der Waals surface area contributed by atoms with Crippen LogP contribution in [0.1, 0.15) is 10.4 Å². The van der Waals surface area contributed by atoms with Crippen LogP contribution in [0.3, 0.4) is 0 Å². The molecule has 0 saturated carbocycles. The molecule has 0 spiro atoms. The highest BCUT2D eigenvalue weighted by molar-refractivity contribution is 6.33. The molecule has 1 heterocycles. The van der Waals surface area contributed by atoms with E-state index >= 15 is 0 Å². The minimum absolute atomic E-state index is 0.260. The van der Waals surface area contributed by atoms with Gasteiger partial charge in [0.2, 0.25) is 0 Å². The summed E-state index contributed by atoms with van der Waals surface area (Å²) in [5, 5.41) is 6.43. The van der Waals surface area contributed by atoms with Gasteiger partial charge in [-0.2, -0.15) is 0 Å². The van der Waals surface area contributed by atoms with Crippen LogP contribution in [0.4, 0.5) is 17.2 Å². The van der Waals surface area contributed by atoms with Crippen molar-refractivity contribution in [2.75, 3.05) is 17.7 Å². The summed E-state index contributed by atoms with van der Waals surface area (Å²) in [5.74, 6) is 1.03. The predicted octanol–water partition coefficient (Wildman–Crippen LogP) is 4.74. The Labute approximate surface area is 150 Å². The first-order valence-corrected chi connectivity index (χ1v) is 7.96. The lowest BCUT2D eigenvalue weighted by Crippen LogP contribution is -2.12. The van der Waals surface area contributed by atoms with Crippen molar-refractivity contribution in [3.8, 4) is 5.75 Å². The Morgan fingerprint density at radius 1 is 1.08 bits per heavy atom.